The molecule has 0 aliphatic rings. The van der Waals surface area contributed by atoms with Gasteiger partial charge >= 0.3 is 0 Å². The quantitative estimate of drug-likeness (QED) is 0.491. The van der Waals surface area contributed by atoms with E-state index in [9.17, 15) is 4.79 Å². The Morgan fingerprint density at radius 1 is 1.33 bits per heavy atom. The summed E-state index contributed by atoms with van der Waals surface area (Å²) < 4.78 is 10.5. The number of nitrogen functional groups attached to an aromatic ring is 1. The van der Waals surface area contributed by atoms with E-state index in [1.807, 2.05) is 36.2 Å². The third kappa shape index (κ3) is 7.53. The summed E-state index contributed by atoms with van der Waals surface area (Å²) in [6.07, 6.45) is 0.830. The maximum Gasteiger partial charge on any atom is 0.234 e. The van der Waals surface area contributed by atoms with Gasteiger partial charge in [0.05, 0.1) is 25.4 Å². The number of methoxy groups -OCH3 is 1. The number of hydrogen-bond acceptors (Lipinski definition) is 5. The molecular weight excluding hydrogens is 270 g/mol. The molecule has 0 heterocycles. The molecule has 0 radical (unpaired) electrons. The number of ether oxygens (including phenoxy) is 2. The Balaban J connectivity index is 2.12. The third-order valence-corrected chi connectivity index (χ3v) is 2.90. The largest absolute Gasteiger partial charge is 0.491 e. The number of nitrogens with one attached hydrogen (secondary N) is 1. The number of nitrogens with zero attached hydrogens (tertiary/aromatic N) is 1. The lowest BCUT2D eigenvalue weighted by Gasteiger charge is -2.16. The minimum absolute atomic E-state index is 0.00257. The van der Waals surface area contributed by atoms with Crippen molar-refractivity contribution in [2.45, 2.75) is 6.42 Å². The normalized spacial score (nSPS) is 10.6. The van der Waals surface area contributed by atoms with Crippen LogP contribution in [0.15, 0.2) is 24.3 Å². The van der Waals surface area contributed by atoms with Crippen molar-refractivity contribution in [3.8, 4) is 5.75 Å². The summed E-state index contributed by atoms with van der Waals surface area (Å²) in [4.78, 5) is 13.5. The first kappa shape index (κ1) is 17.3. The molecule has 0 aromatic heterocycles. The molecule has 0 aliphatic heterocycles. The molecule has 0 saturated heterocycles. The highest BCUT2D eigenvalue weighted by Crippen LogP contribution is 2.19. The van der Waals surface area contributed by atoms with Gasteiger partial charge in [0, 0.05) is 20.2 Å². The molecule has 1 aromatic rings. The van der Waals surface area contributed by atoms with Crippen molar-refractivity contribution in [1.29, 1.82) is 0 Å². The van der Waals surface area contributed by atoms with Gasteiger partial charge in [0.15, 0.2) is 0 Å². The first-order chi connectivity index (χ1) is 10.1. The Morgan fingerprint density at radius 3 is 2.81 bits per heavy atom. The Morgan fingerprint density at radius 2 is 2.10 bits per heavy atom. The molecule has 6 nitrogen and oxygen atoms in total. The van der Waals surface area contributed by atoms with Gasteiger partial charge in [0.2, 0.25) is 5.91 Å². The molecule has 1 amide bonds. The summed E-state index contributed by atoms with van der Waals surface area (Å²) in [5.74, 6) is 0.709. The van der Waals surface area contributed by atoms with E-state index in [2.05, 4.69) is 5.32 Å². The van der Waals surface area contributed by atoms with Crippen LogP contribution in [0.2, 0.25) is 0 Å². The first-order valence-electron chi connectivity index (χ1n) is 7.05. The van der Waals surface area contributed by atoms with Gasteiger partial charge in [0.25, 0.3) is 0 Å². The van der Waals surface area contributed by atoms with E-state index in [1.54, 1.807) is 7.11 Å². The second-order valence-electron chi connectivity index (χ2n) is 4.82. The molecule has 1 rings (SSSR count). The maximum atomic E-state index is 11.6. The van der Waals surface area contributed by atoms with Crippen LogP contribution in [0.1, 0.15) is 6.42 Å². The van der Waals surface area contributed by atoms with E-state index in [0.29, 0.717) is 37.7 Å². The monoisotopic (exact) mass is 295 g/mol. The van der Waals surface area contributed by atoms with Crippen LogP contribution in [-0.2, 0) is 9.53 Å². The van der Waals surface area contributed by atoms with Crippen LogP contribution in [0.25, 0.3) is 0 Å². The van der Waals surface area contributed by atoms with Crippen LogP contribution in [0.3, 0.4) is 0 Å². The van der Waals surface area contributed by atoms with Gasteiger partial charge in [0.1, 0.15) is 5.75 Å². The van der Waals surface area contributed by atoms with Crippen molar-refractivity contribution in [3.05, 3.63) is 24.3 Å². The zero-order valence-electron chi connectivity index (χ0n) is 12.8. The van der Waals surface area contributed by atoms with Crippen LogP contribution >= 0.6 is 0 Å². The molecular formula is C15H25N3O3. The molecule has 0 fully saturated rings. The number of benzene rings is 1. The highest BCUT2D eigenvalue weighted by molar-refractivity contribution is 5.77. The topological polar surface area (TPSA) is 76.8 Å². The predicted molar refractivity (Wildman–Crippen MR) is 83.3 cm³/mol. The lowest BCUT2D eigenvalue weighted by Crippen LogP contribution is -2.37. The average molecular weight is 295 g/mol. The average Bonchev–Trinajstić information content (AvgIpc) is 2.45. The number of amides is 1. The number of para-hydroxylation sites is 2. The van der Waals surface area contributed by atoms with E-state index in [4.69, 9.17) is 15.2 Å². The number of carbonyl (C=O) groups is 1. The fourth-order valence-corrected chi connectivity index (χ4v) is 1.80. The van der Waals surface area contributed by atoms with Gasteiger partial charge in [-0.05, 0) is 25.6 Å². The number of anilines is 1. The molecule has 21 heavy (non-hydrogen) atoms. The number of hydrogen-bond donors (Lipinski definition) is 2. The molecule has 0 atom stereocenters. The van der Waals surface area contributed by atoms with Crippen molar-refractivity contribution in [2.75, 3.05) is 52.7 Å². The van der Waals surface area contributed by atoms with Gasteiger partial charge in [-0.2, -0.15) is 0 Å². The lowest BCUT2D eigenvalue weighted by molar-refractivity contribution is -0.122. The summed E-state index contributed by atoms with van der Waals surface area (Å²) in [7, 11) is 3.52. The van der Waals surface area contributed by atoms with Gasteiger partial charge < -0.3 is 20.5 Å². The van der Waals surface area contributed by atoms with E-state index in [-0.39, 0.29) is 5.91 Å². The summed E-state index contributed by atoms with van der Waals surface area (Å²) in [5, 5.41) is 2.78. The van der Waals surface area contributed by atoms with E-state index in [0.717, 1.165) is 13.0 Å². The molecule has 118 valence electrons. The van der Waals surface area contributed by atoms with Crippen LogP contribution < -0.4 is 15.8 Å². The molecule has 0 bridgehead atoms. The van der Waals surface area contributed by atoms with E-state index in [1.165, 1.54) is 0 Å². The molecule has 0 spiro atoms. The van der Waals surface area contributed by atoms with Crippen molar-refractivity contribution in [3.63, 3.8) is 0 Å². The number of nitrogens with two attached hydrogens (primary N) is 1. The van der Waals surface area contributed by atoms with Gasteiger partial charge in [-0.1, -0.05) is 12.1 Å². The molecule has 6 heteroatoms. The van der Waals surface area contributed by atoms with E-state index >= 15 is 0 Å². The number of rotatable bonds is 10. The van der Waals surface area contributed by atoms with Crippen LogP contribution in [0, 0.1) is 0 Å². The molecule has 0 unspecified atom stereocenters. The second kappa shape index (κ2) is 10.0. The van der Waals surface area contributed by atoms with E-state index < -0.39 is 0 Å². The summed E-state index contributed by atoms with van der Waals surface area (Å²) >= 11 is 0. The number of likely N-dealkylation sites (N-methyl/N-ethyl adjacent to an activating group) is 1. The summed E-state index contributed by atoms with van der Waals surface area (Å²) in [5.41, 5.74) is 6.43. The second-order valence-corrected chi connectivity index (χ2v) is 4.82. The van der Waals surface area contributed by atoms with Gasteiger partial charge in [-0.25, -0.2) is 0 Å². The third-order valence-electron chi connectivity index (χ3n) is 2.90. The Kier molecular flexibility index (Phi) is 8.23. The van der Waals surface area contributed by atoms with Crippen LogP contribution in [0.4, 0.5) is 5.69 Å². The lowest BCUT2D eigenvalue weighted by atomic mass is 10.3. The van der Waals surface area contributed by atoms with Gasteiger partial charge in [-0.3, -0.25) is 9.69 Å². The fourth-order valence-electron chi connectivity index (χ4n) is 1.80. The SMILES string of the molecule is COCCNC(=O)CN(C)CCCOc1ccccc1N. The maximum absolute atomic E-state index is 11.6. The Labute approximate surface area is 126 Å². The smallest absolute Gasteiger partial charge is 0.234 e. The highest BCUT2D eigenvalue weighted by Gasteiger charge is 2.06. The molecule has 1 aromatic carbocycles. The van der Waals surface area contributed by atoms with Gasteiger partial charge in [-0.15, -0.1) is 0 Å². The van der Waals surface area contributed by atoms with Crippen LogP contribution in [0.5, 0.6) is 5.75 Å². The Hall–Kier alpha value is -1.79. The zero-order valence-corrected chi connectivity index (χ0v) is 12.8. The number of carbonyl (C=O) groups excluding carboxylic acids is 1. The standard InChI is InChI=1S/C15H25N3O3/c1-18(12-15(19)17-8-11-20-2)9-5-10-21-14-7-4-3-6-13(14)16/h3-4,6-7H,5,8-12,16H2,1-2H3,(H,17,19). The minimum atomic E-state index is 0.00257. The Bertz CT molecular complexity index is 426. The molecule has 3 N–H and O–H groups in total. The van der Waals surface area contributed by atoms with Crippen molar-refractivity contribution >= 4 is 11.6 Å². The minimum Gasteiger partial charge on any atom is -0.491 e. The van der Waals surface area contributed by atoms with Crippen molar-refractivity contribution in [2.24, 2.45) is 0 Å². The first-order valence-corrected chi connectivity index (χ1v) is 7.05. The van der Waals surface area contributed by atoms with Crippen molar-refractivity contribution in [1.82, 2.24) is 10.2 Å². The molecule has 0 saturated carbocycles. The molecule has 0 aliphatic carbocycles. The fraction of sp³-hybridized carbons (Fsp3) is 0.533. The summed E-state index contributed by atoms with van der Waals surface area (Å²) in [6, 6.07) is 7.43. The summed E-state index contributed by atoms with van der Waals surface area (Å²) in [6.45, 7) is 2.80. The zero-order chi connectivity index (χ0) is 15.5. The van der Waals surface area contributed by atoms with Crippen LogP contribution in [-0.4, -0.2) is 57.8 Å². The highest BCUT2D eigenvalue weighted by atomic mass is 16.5. The predicted octanol–water partition coefficient (Wildman–Crippen LogP) is 0.732. The van der Waals surface area contributed by atoms with Crippen molar-refractivity contribution < 1.29 is 14.3 Å².